The molecule has 0 bridgehead atoms. The Balaban J connectivity index is 1.40. The van der Waals surface area contributed by atoms with Gasteiger partial charge in [-0.3, -0.25) is 4.90 Å². The number of aliphatic hydroxyl groups is 1. The molecule has 0 aliphatic carbocycles. The van der Waals surface area contributed by atoms with Crippen LogP contribution < -0.4 is 4.74 Å². The van der Waals surface area contributed by atoms with Gasteiger partial charge in [0.05, 0.1) is 18.2 Å². The molecule has 0 spiro atoms. The van der Waals surface area contributed by atoms with E-state index < -0.39 is 6.10 Å². The molecular weight excluding hydrogens is 406 g/mol. The first-order chi connectivity index (χ1) is 15.1. The van der Waals surface area contributed by atoms with E-state index in [1.54, 1.807) is 7.11 Å². The number of benzene rings is 3. The van der Waals surface area contributed by atoms with Gasteiger partial charge in [-0.05, 0) is 54.8 Å². The van der Waals surface area contributed by atoms with Crippen molar-refractivity contribution in [1.29, 1.82) is 0 Å². The van der Waals surface area contributed by atoms with Crippen molar-refractivity contribution in [2.75, 3.05) is 20.2 Å². The molecule has 1 saturated heterocycles. The van der Waals surface area contributed by atoms with Crippen LogP contribution in [0.1, 0.15) is 37.0 Å². The van der Waals surface area contributed by atoms with Crippen LogP contribution in [0.3, 0.4) is 0 Å². The lowest BCUT2D eigenvalue weighted by Crippen LogP contribution is -2.41. The molecule has 4 rings (SSSR count). The molecular formula is C27H30ClNO2. The second-order valence-corrected chi connectivity index (χ2v) is 8.71. The van der Waals surface area contributed by atoms with Gasteiger partial charge in [0, 0.05) is 24.5 Å². The second kappa shape index (κ2) is 9.86. The van der Waals surface area contributed by atoms with Gasteiger partial charge in [0.2, 0.25) is 0 Å². The zero-order valence-electron chi connectivity index (χ0n) is 18.2. The predicted molar refractivity (Wildman–Crippen MR) is 129 cm³/mol. The summed E-state index contributed by atoms with van der Waals surface area (Å²) in [6, 6.07) is 20.5. The Morgan fingerprint density at radius 2 is 1.81 bits per heavy atom. The summed E-state index contributed by atoms with van der Waals surface area (Å²) in [5.41, 5.74) is 3.80. The smallest absolute Gasteiger partial charge is 0.138 e. The average molecular weight is 436 g/mol. The molecule has 162 valence electrons. The first-order valence-corrected chi connectivity index (χ1v) is 11.3. The first-order valence-electron chi connectivity index (χ1n) is 11.0. The van der Waals surface area contributed by atoms with Gasteiger partial charge in [-0.1, -0.05) is 71.8 Å². The molecule has 31 heavy (non-hydrogen) atoms. The maximum Gasteiger partial charge on any atom is 0.138 e. The number of nitrogens with zero attached hydrogens (tertiary/aromatic N) is 1. The molecule has 1 aliphatic rings. The van der Waals surface area contributed by atoms with Crippen molar-refractivity contribution < 1.29 is 9.84 Å². The topological polar surface area (TPSA) is 32.7 Å². The van der Waals surface area contributed by atoms with Crippen molar-refractivity contribution in [3.8, 4) is 5.75 Å². The maximum atomic E-state index is 11.1. The van der Waals surface area contributed by atoms with E-state index in [0.29, 0.717) is 10.8 Å². The summed E-state index contributed by atoms with van der Waals surface area (Å²) in [4.78, 5) is 2.40. The summed E-state index contributed by atoms with van der Waals surface area (Å²) < 4.78 is 5.31. The number of ether oxygens (including phenoxy) is 1. The highest BCUT2D eigenvalue weighted by Gasteiger charge is 2.26. The van der Waals surface area contributed by atoms with Crippen LogP contribution in [0.5, 0.6) is 5.75 Å². The van der Waals surface area contributed by atoms with Crippen LogP contribution in [0.15, 0.2) is 72.3 Å². The predicted octanol–water partition coefficient (Wildman–Crippen LogP) is 6.19. The average Bonchev–Trinajstić information content (AvgIpc) is 2.83. The lowest BCUT2D eigenvalue weighted by Gasteiger charge is -2.36. The number of fused-ring (bicyclic) bond motifs is 1. The van der Waals surface area contributed by atoms with Crippen molar-refractivity contribution in [3.63, 3.8) is 0 Å². The van der Waals surface area contributed by atoms with Crippen LogP contribution in [0.4, 0.5) is 0 Å². The number of hydrogen-bond donors (Lipinski definition) is 1. The van der Waals surface area contributed by atoms with Crippen LogP contribution in [0.25, 0.3) is 10.8 Å². The lowest BCUT2D eigenvalue weighted by molar-refractivity contribution is 0.0533. The molecule has 3 aromatic rings. The largest absolute Gasteiger partial charge is 0.495 e. The maximum absolute atomic E-state index is 11.1. The minimum absolute atomic E-state index is 0.0573. The van der Waals surface area contributed by atoms with E-state index in [4.69, 9.17) is 16.3 Å². The highest BCUT2D eigenvalue weighted by Crippen LogP contribution is 2.35. The van der Waals surface area contributed by atoms with Crippen molar-refractivity contribution in [2.24, 2.45) is 0 Å². The van der Waals surface area contributed by atoms with E-state index in [-0.39, 0.29) is 6.04 Å². The molecule has 1 fully saturated rings. The molecule has 4 heteroatoms. The molecule has 1 aliphatic heterocycles. The standard InChI is InChI=1S/C27H30ClNO2/c1-19(29-16-14-21(15-17-29)9-8-20-6-4-3-5-7-20)27(30)23-10-12-24-22(18-23)11-13-25(31-2)26(24)28/h3-7,9-13,18-19,27,30H,8,14-17H2,1-2H3. The van der Waals surface area contributed by atoms with Gasteiger partial charge in [-0.2, -0.15) is 0 Å². The van der Waals surface area contributed by atoms with Gasteiger partial charge < -0.3 is 9.84 Å². The summed E-state index contributed by atoms with van der Waals surface area (Å²) in [5, 5.41) is 13.6. The number of aliphatic hydroxyl groups excluding tert-OH is 1. The third kappa shape index (κ3) is 4.95. The highest BCUT2D eigenvalue weighted by molar-refractivity contribution is 6.37. The minimum Gasteiger partial charge on any atom is -0.495 e. The Morgan fingerprint density at radius 1 is 1.06 bits per heavy atom. The van der Waals surface area contributed by atoms with E-state index in [0.717, 1.165) is 48.7 Å². The van der Waals surface area contributed by atoms with Gasteiger partial charge >= 0.3 is 0 Å². The number of likely N-dealkylation sites (tertiary alicyclic amines) is 1. The Hall–Kier alpha value is -2.33. The quantitative estimate of drug-likeness (QED) is 0.468. The molecule has 0 saturated carbocycles. The van der Waals surface area contributed by atoms with Crippen LogP contribution in [0.2, 0.25) is 5.02 Å². The van der Waals surface area contributed by atoms with E-state index >= 15 is 0 Å². The van der Waals surface area contributed by atoms with Gasteiger partial charge in [-0.15, -0.1) is 0 Å². The molecule has 0 radical (unpaired) electrons. The van der Waals surface area contributed by atoms with Crippen LogP contribution in [-0.4, -0.2) is 36.2 Å². The van der Waals surface area contributed by atoms with Crippen molar-refractivity contribution in [3.05, 3.63) is 88.5 Å². The van der Waals surface area contributed by atoms with Crippen molar-refractivity contribution in [1.82, 2.24) is 4.90 Å². The third-order valence-electron chi connectivity index (χ3n) is 6.45. The minimum atomic E-state index is -0.542. The third-order valence-corrected chi connectivity index (χ3v) is 6.84. The van der Waals surface area contributed by atoms with E-state index in [9.17, 15) is 5.11 Å². The van der Waals surface area contributed by atoms with Gasteiger partial charge in [-0.25, -0.2) is 0 Å². The Bertz CT molecular complexity index is 1050. The molecule has 1 heterocycles. The monoisotopic (exact) mass is 435 g/mol. The van der Waals surface area contributed by atoms with Crippen LogP contribution >= 0.6 is 11.6 Å². The number of rotatable bonds is 6. The summed E-state index contributed by atoms with van der Waals surface area (Å²) in [5.74, 6) is 0.667. The normalized spacial score (nSPS) is 16.8. The molecule has 0 amide bonds. The fraction of sp³-hybridized carbons (Fsp3) is 0.333. The molecule has 0 aromatic heterocycles. The highest BCUT2D eigenvalue weighted by atomic mass is 35.5. The number of methoxy groups -OCH3 is 1. The van der Waals surface area contributed by atoms with E-state index in [1.807, 2.05) is 30.3 Å². The second-order valence-electron chi connectivity index (χ2n) is 8.34. The first kappa shape index (κ1) is 21.9. The molecule has 1 N–H and O–H groups in total. The molecule has 3 nitrogen and oxygen atoms in total. The van der Waals surface area contributed by atoms with Gasteiger partial charge in [0.1, 0.15) is 5.75 Å². The van der Waals surface area contributed by atoms with Crippen molar-refractivity contribution in [2.45, 2.75) is 38.3 Å². The Kier molecular flexibility index (Phi) is 6.96. The van der Waals surface area contributed by atoms with Gasteiger partial charge in [0.15, 0.2) is 0 Å². The van der Waals surface area contributed by atoms with E-state index in [1.165, 1.54) is 11.1 Å². The number of hydrogen-bond acceptors (Lipinski definition) is 3. The molecule has 2 atom stereocenters. The zero-order valence-corrected chi connectivity index (χ0v) is 19.0. The molecule has 3 aromatic carbocycles. The number of piperidine rings is 1. The Morgan fingerprint density at radius 3 is 2.52 bits per heavy atom. The van der Waals surface area contributed by atoms with Crippen LogP contribution in [0, 0.1) is 0 Å². The molecule has 2 unspecified atom stereocenters. The summed E-state index contributed by atoms with van der Waals surface area (Å²) in [6.07, 6.45) is 4.97. The van der Waals surface area contributed by atoms with Crippen LogP contribution in [-0.2, 0) is 6.42 Å². The summed E-state index contributed by atoms with van der Waals surface area (Å²) in [7, 11) is 1.62. The van der Waals surface area contributed by atoms with Gasteiger partial charge in [0.25, 0.3) is 0 Å². The fourth-order valence-corrected chi connectivity index (χ4v) is 4.72. The summed E-state index contributed by atoms with van der Waals surface area (Å²) >= 11 is 6.44. The SMILES string of the molecule is COc1ccc2cc(C(O)C(C)N3CCC(=CCc4ccccc4)CC3)ccc2c1Cl. The lowest BCUT2D eigenvalue weighted by atomic mass is 9.95. The number of allylic oxidation sites excluding steroid dienone is 1. The Labute approximate surface area is 189 Å². The van der Waals surface area contributed by atoms with E-state index in [2.05, 4.69) is 48.2 Å². The zero-order chi connectivity index (χ0) is 21.8. The summed E-state index contributed by atoms with van der Waals surface area (Å²) in [6.45, 7) is 4.08. The number of halogens is 1. The van der Waals surface area contributed by atoms with Crippen molar-refractivity contribution >= 4 is 22.4 Å². The fourth-order valence-electron chi connectivity index (χ4n) is 4.41.